The zero-order valence-electron chi connectivity index (χ0n) is 27.5. The number of halogens is 1. The molecule has 2 heterocycles. The number of carbonyl (C=O) groups excluding carboxylic acids is 4. The zero-order valence-corrected chi connectivity index (χ0v) is 28.2. The van der Waals surface area contributed by atoms with E-state index >= 15 is 4.79 Å². The van der Waals surface area contributed by atoms with Crippen LogP contribution in [0.3, 0.4) is 0 Å². The molecule has 3 aromatic carbocycles. The molecule has 50 heavy (non-hydrogen) atoms. The van der Waals surface area contributed by atoms with Crippen LogP contribution >= 0.6 is 11.6 Å². The Kier molecular flexibility index (Phi) is 8.76. The topological polar surface area (TPSA) is 142 Å². The number of rotatable bonds is 10. The number of unbranched alkanes of at least 4 members (excludes halogenated alkanes) is 2. The fraction of sp³-hybridized carbons (Fsp3) is 0.359. The van der Waals surface area contributed by atoms with E-state index in [1.807, 2.05) is 36.4 Å². The average Bonchev–Trinajstić information content (AvgIpc) is 3.49. The average molecular weight is 697 g/mol. The smallest absolute Gasteiger partial charge is 0.303 e. The molecule has 258 valence electrons. The van der Waals surface area contributed by atoms with Gasteiger partial charge in [-0.25, -0.2) is 4.90 Å². The summed E-state index contributed by atoms with van der Waals surface area (Å²) in [5, 5.41) is 20.9. The highest BCUT2D eigenvalue weighted by Crippen LogP contribution is 2.65. The van der Waals surface area contributed by atoms with E-state index in [2.05, 4.69) is 0 Å². The van der Waals surface area contributed by atoms with Crippen LogP contribution in [0, 0.1) is 23.7 Å². The molecule has 0 bridgehead atoms. The molecule has 0 aromatic heterocycles. The van der Waals surface area contributed by atoms with Crippen LogP contribution in [0.25, 0.3) is 0 Å². The second-order valence-corrected chi connectivity index (χ2v) is 14.0. The number of aromatic hydroxyl groups is 1. The summed E-state index contributed by atoms with van der Waals surface area (Å²) < 4.78 is 5.58. The number of hydrogen-bond donors (Lipinski definition) is 2. The first-order chi connectivity index (χ1) is 24.1. The third-order valence-electron chi connectivity index (χ3n) is 11.1. The van der Waals surface area contributed by atoms with E-state index in [1.165, 1.54) is 23.0 Å². The fourth-order valence-electron chi connectivity index (χ4n) is 8.99. The van der Waals surface area contributed by atoms with Gasteiger partial charge in [-0.05, 0) is 73.6 Å². The maximum Gasteiger partial charge on any atom is 0.303 e. The van der Waals surface area contributed by atoms with Crippen molar-refractivity contribution in [3.63, 3.8) is 0 Å². The van der Waals surface area contributed by atoms with Crippen LogP contribution in [0.15, 0.2) is 84.4 Å². The van der Waals surface area contributed by atoms with Crippen LogP contribution < -0.4 is 9.64 Å². The number of carboxylic acid groups (broad SMARTS) is 1. The number of fused-ring (bicyclic) bond motifs is 4. The van der Waals surface area contributed by atoms with E-state index in [4.69, 9.17) is 21.4 Å². The molecule has 2 aliphatic carbocycles. The molecule has 7 rings (SSSR count). The Balaban J connectivity index is 1.38. The van der Waals surface area contributed by atoms with E-state index in [0.29, 0.717) is 46.8 Å². The van der Waals surface area contributed by atoms with E-state index in [0.717, 1.165) is 5.57 Å². The monoisotopic (exact) mass is 696 g/mol. The van der Waals surface area contributed by atoms with Gasteiger partial charge in [-0.1, -0.05) is 66.1 Å². The predicted octanol–water partition coefficient (Wildman–Crippen LogP) is 5.86. The number of likely N-dealkylation sites (tertiary alicyclic amines) is 1. The molecule has 4 aliphatic rings. The SMILES string of the molecule is COc1ccc(O)c(C2C3=CCC4C(=O)N(CCCCCC(=O)O)C(=O)C4C3CC3C(=O)N(c4cccc(Cl)c4)C(=O)C32c2ccccc2)c1. The van der Waals surface area contributed by atoms with Crippen LogP contribution in [0.2, 0.25) is 5.02 Å². The molecule has 3 fully saturated rings. The highest BCUT2D eigenvalue weighted by molar-refractivity contribution is 6.32. The largest absolute Gasteiger partial charge is 0.508 e. The summed E-state index contributed by atoms with van der Waals surface area (Å²) in [6, 6.07) is 20.5. The summed E-state index contributed by atoms with van der Waals surface area (Å²) in [5.74, 6) is -5.85. The van der Waals surface area contributed by atoms with Crippen molar-refractivity contribution in [2.45, 2.75) is 49.9 Å². The fourth-order valence-corrected chi connectivity index (χ4v) is 9.17. The summed E-state index contributed by atoms with van der Waals surface area (Å²) in [4.78, 5) is 71.5. The normalized spacial score (nSPS) is 27.2. The maximum atomic E-state index is 15.3. The van der Waals surface area contributed by atoms with Gasteiger partial charge in [0.1, 0.15) is 11.5 Å². The van der Waals surface area contributed by atoms with Crippen molar-refractivity contribution in [1.82, 2.24) is 4.90 Å². The van der Waals surface area contributed by atoms with E-state index in [1.54, 1.807) is 36.4 Å². The van der Waals surface area contributed by atoms with Crippen molar-refractivity contribution in [2.24, 2.45) is 23.7 Å². The summed E-state index contributed by atoms with van der Waals surface area (Å²) in [6.07, 6.45) is 3.84. The molecule has 3 aromatic rings. The molecule has 0 radical (unpaired) electrons. The van der Waals surface area contributed by atoms with Crippen molar-refractivity contribution >= 4 is 46.9 Å². The van der Waals surface area contributed by atoms with Gasteiger partial charge in [0.15, 0.2) is 0 Å². The number of imide groups is 2. The second kappa shape index (κ2) is 13.1. The molecule has 2 saturated heterocycles. The number of hydrogen-bond acceptors (Lipinski definition) is 7. The molecule has 6 atom stereocenters. The highest BCUT2D eigenvalue weighted by atomic mass is 35.5. The lowest BCUT2D eigenvalue weighted by atomic mass is 9.49. The predicted molar refractivity (Wildman–Crippen MR) is 184 cm³/mol. The van der Waals surface area contributed by atoms with Crippen molar-refractivity contribution in [3.05, 3.63) is 101 Å². The number of amides is 4. The van der Waals surface area contributed by atoms with Crippen molar-refractivity contribution < 1.29 is 38.9 Å². The van der Waals surface area contributed by atoms with Gasteiger partial charge in [-0.3, -0.25) is 28.9 Å². The van der Waals surface area contributed by atoms with Gasteiger partial charge < -0.3 is 14.9 Å². The second-order valence-electron chi connectivity index (χ2n) is 13.6. The summed E-state index contributed by atoms with van der Waals surface area (Å²) in [5.41, 5.74) is 0.511. The molecule has 6 unspecified atom stereocenters. The van der Waals surface area contributed by atoms with Crippen LogP contribution in [0.4, 0.5) is 5.69 Å². The lowest BCUT2D eigenvalue weighted by Gasteiger charge is -2.50. The number of methoxy groups -OCH3 is 1. The Bertz CT molecular complexity index is 1930. The Labute approximate surface area is 294 Å². The minimum Gasteiger partial charge on any atom is -0.508 e. The molecule has 2 aliphatic heterocycles. The number of aliphatic carboxylic acids is 1. The molecule has 0 spiro atoms. The number of nitrogens with zero attached hydrogens (tertiary/aromatic N) is 2. The zero-order chi connectivity index (χ0) is 35.3. The van der Waals surface area contributed by atoms with Crippen LogP contribution in [0.5, 0.6) is 11.5 Å². The van der Waals surface area contributed by atoms with Crippen LogP contribution in [0.1, 0.15) is 55.6 Å². The molecule has 10 nitrogen and oxygen atoms in total. The maximum absolute atomic E-state index is 15.3. The summed E-state index contributed by atoms with van der Waals surface area (Å²) in [7, 11) is 1.50. The minimum absolute atomic E-state index is 0.0184. The molecule has 4 amide bonds. The number of allylic oxidation sites excluding steroid dienone is 2. The van der Waals surface area contributed by atoms with Gasteiger partial charge in [0.05, 0.1) is 36.0 Å². The van der Waals surface area contributed by atoms with Crippen molar-refractivity contribution in [2.75, 3.05) is 18.6 Å². The van der Waals surface area contributed by atoms with Gasteiger partial charge in [-0.2, -0.15) is 0 Å². The van der Waals surface area contributed by atoms with Gasteiger partial charge in [0, 0.05) is 29.5 Å². The molecule has 2 N–H and O–H groups in total. The quantitative estimate of drug-likeness (QED) is 0.153. The van der Waals surface area contributed by atoms with E-state index in [-0.39, 0.29) is 43.4 Å². The van der Waals surface area contributed by atoms with Crippen molar-refractivity contribution in [1.29, 1.82) is 0 Å². The molecule has 11 heteroatoms. The Hall–Kier alpha value is -4.96. The number of phenolic OH excluding ortho intramolecular Hbond substituents is 1. The van der Waals surface area contributed by atoms with Crippen molar-refractivity contribution in [3.8, 4) is 11.5 Å². The first kappa shape index (κ1) is 33.5. The van der Waals surface area contributed by atoms with E-state index in [9.17, 15) is 24.3 Å². The summed E-state index contributed by atoms with van der Waals surface area (Å²) >= 11 is 6.37. The number of phenols is 1. The third kappa shape index (κ3) is 5.19. The standard InChI is InChI=1S/C39H37ClN2O8/c1-50-25-14-17-31(43)29(20-25)34-26-15-16-27-33(37(48)41(35(27)46)18-7-3-6-13-32(44)45)28(26)21-30-36(47)42(24-12-8-11-23(40)19-24)38(49)39(30,34)22-9-4-2-5-10-22/h2,4-5,8-12,14-15,17,19-20,27-28,30,33-34,43H,3,6-7,13,16,18,21H2,1H3,(H,44,45). The number of carbonyl (C=O) groups is 5. The molecular weight excluding hydrogens is 660 g/mol. The lowest BCUT2D eigenvalue weighted by Crippen LogP contribution is -2.53. The third-order valence-corrected chi connectivity index (χ3v) is 11.3. The summed E-state index contributed by atoms with van der Waals surface area (Å²) in [6.45, 7) is 0.184. The molecule has 1 saturated carbocycles. The number of anilines is 1. The Morgan fingerprint density at radius 2 is 1.70 bits per heavy atom. The number of benzene rings is 3. The van der Waals surface area contributed by atoms with Gasteiger partial charge in [0.25, 0.3) is 0 Å². The minimum atomic E-state index is -1.52. The Morgan fingerprint density at radius 3 is 2.42 bits per heavy atom. The van der Waals surface area contributed by atoms with Crippen LogP contribution in [-0.4, -0.2) is 58.4 Å². The lowest BCUT2D eigenvalue weighted by molar-refractivity contribution is -0.141. The van der Waals surface area contributed by atoms with E-state index < -0.39 is 52.8 Å². The van der Waals surface area contributed by atoms with Crippen LogP contribution in [-0.2, 0) is 29.4 Å². The highest BCUT2D eigenvalue weighted by Gasteiger charge is 2.70. The van der Waals surface area contributed by atoms with Gasteiger partial charge in [-0.15, -0.1) is 0 Å². The number of ether oxygens (including phenoxy) is 1. The number of carboxylic acids is 1. The Morgan fingerprint density at radius 1 is 0.920 bits per heavy atom. The van der Waals surface area contributed by atoms with Gasteiger partial charge in [0.2, 0.25) is 23.6 Å². The molecular formula is C39H37ClN2O8. The first-order valence-electron chi connectivity index (χ1n) is 16.9. The van der Waals surface area contributed by atoms with Gasteiger partial charge >= 0.3 is 5.97 Å². The first-order valence-corrected chi connectivity index (χ1v) is 17.3.